The van der Waals surface area contributed by atoms with Crippen LogP contribution >= 0.6 is 28.3 Å². The Bertz CT molecular complexity index is 2270. The van der Waals surface area contributed by atoms with Crippen LogP contribution in [-0.2, 0) is 32.2 Å². The molecule has 0 bridgehead atoms. The second-order valence-corrected chi connectivity index (χ2v) is 12.9. The van der Waals surface area contributed by atoms with Gasteiger partial charge in [0.05, 0.1) is 28.6 Å². The largest absolute Gasteiger partial charge is 0.448 e. The molecule has 0 saturated heterocycles. The van der Waals surface area contributed by atoms with Gasteiger partial charge in [0.25, 0.3) is 0 Å². The van der Waals surface area contributed by atoms with Gasteiger partial charge in [-0.15, -0.1) is 12.4 Å². The summed E-state index contributed by atoms with van der Waals surface area (Å²) in [7, 11) is 0. The van der Waals surface area contributed by atoms with Crippen LogP contribution in [-0.4, -0.2) is 26.1 Å². The minimum Gasteiger partial charge on any atom is -0.448 e. The fraction of sp³-hybridized carbons (Fsp3) is 0.217. The summed E-state index contributed by atoms with van der Waals surface area (Å²) in [6.07, 6.45) is 8.57. The highest BCUT2D eigenvalue weighted by molar-refractivity contribution is 9.09. The van der Waals surface area contributed by atoms with E-state index in [4.69, 9.17) is 29.5 Å². The number of rotatable bonds is 10. The van der Waals surface area contributed by atoms with E-state index in [1.54, 1.807) is 55.2 Å². The second-order valence-electron chi connectivity index (χ2n) is 12.3. The maximum Gasteiger partial charge on any atom is 0.194 e. The summed E-state index contributed by atoms with van der Waals surface area (Å²) < 4.78 is 15.9. The third-order valence-electron chi connectivity index (χ3n) is 8.47. The number of nitrogens with two attached hydrogens (primary N) is 1. The summed E-state index contributed by atoms with van der Waals surface area (Å²) in [4.78, 5) is 24.1. The zero-order valence-electron chi connectivity index (χ0n) is 32.9. The molecule has 0 unspecified atom stereocenters. The van der Waals surface area contributed by atoms with Crippen molar-refractivity contribution in [2.75, 3.05) is 5.33 Å². The van der Waals surface area contributed by atoms with E-state index in [-0.39, 0.29) is 18.2 Å². The van der Waals surface area contributed by atoms with E-state index < -0.39 is 0 Å². The van der Waals surface area contributed by atoms with E-state index >= 15 is 0 Å². The first kappa shape index (κ1) is 46.3. The first-order chi connectivity index (χ1) is 27.8. The third kappa shape index (κ3) is 13.8. The van der Waals surface area contributed by atoms with Crippen LogP contribution in [0.15, 0.2) is 129 Å². The van der Waals surface area contributed by atoms with E-state index in [1.807, 2.05) is 63.2 Å². The Morgan fingerprint density at radius 1 is 0.569 bits per heavy atom. The first-order valence-corrected chi connectivity index (χ1v) is 19.7. The molecule has 0 saturated carbocycles. The number of hydrogen-bond donors (Lipinski definition) is 1. The fourth-order valence-electron chi connectivity index (χ4n) is 5.06. The van der Waals surface area contributed by atoms with Gasteiger partial charge >= 0.3 is 0 Å². The Hall–Kier alpha value is -6.11. The Balaban J connectivity index is 0.000000207. The lowest BCUT2D eigenvalue weighted by atomic mass is 10.1. The fourth-order valence-corrected chi connectivity index (χ4v) is 5.39. The number of nitrogens with zero attached hydrogens (tertiary/aromatic N) is 5. The van der Waals surface area contributed by atoms with Crippen molar-refractivity contribution >= 4 is 34.1 Å². The highest BCUT2D eigenvalue weighted by Crippen LogP contribution is 2.21. The highest BCUT2D eigenvalue weighted by atomic mass is 79.9. The molecule has 7 rings (SSSR count). The zero-order valence-corrected chi connectivity index (χ0v) is 35.3. The average Bonchev–Trinajstić information content (AvgIpc) is 4.09. The van der Waals surface area contributed by atoms with Crippen LogP contribution in [0, 0.1) is 22.7 Å². The number of ketones is 1. The summed E-state index contributed by atoms with van der Waals surface area (Å²) in [5, 5.41) is 17.5. The summed E-state index contributed by atoms with van der Waals surface area (Å²) >= 11 is 3.07. The monoisotopic (exact) mass is 860 g/mol. The Labute approximate surface area is 354 Å². The number of oxazole rings is 3. The van der Waals surface area contributed by atoms with Crippen molar-refractivity contribution in [1.82, 2.24) is 15.0 Å². The van der Waals surface area contributed by atoms with Gasteiger partial charge in [-0.3, -0.25) is 4.79 Å². The standard InChI is InChI=1S/C13H15NO.C12H14N2O.C12H10N2O.C9H6BrNO.ClH/c1-3-10-5-7-11(8-6-10)12-9-15-13(4-2)14-12;2*1-2-12-14-11(8-15-12)10-5-3-9(7-13)4-6-10;10-5-9(12)8-3-1-7(6-11)2-4-8;/h5-9H,3-4H2,1-2H3;3-6,8H,2,7,13H2,1H3;3-6,8H,2H2,1H3;1-4H,5H2;1H. The van der Waals surface area contributed by atoms with Crippen LogP contribution < -0.4 is 5.73 Å². The molecule has 3 aromatic heterocycles. The first-order valence-electron chi connectivity index (χ1n) is 18.6. The molecular weight excluding hydrogens is 816 g/mol. The van der Waals surface area contributed by atoms with Gasteiger partial charge in [0.2, 0.25) is 0 Å². The summed E-state index contributed by atoms with van der Waals surface area (Å²) in [5.74, 6) is 2.33. The predicted octanol–water partition coefficient (Wildman–Crippen LogP) is 11.2. The number of aromatic nitrogens is 3. The van der Waals surface area contributed by atoms with Crippen molar-refractivity contribution in [2.24, 2.45) is 5.73 Å². The van der Waals surface area contributed by atoms with Crippen molar-refractivity contribution in [1.29, 1.82) is 10.5 Å². The van der Waals surface area contributed by atoms with Crippen molar-refractivity contribution in [2.45, 2.75) is 59.9 Å². The number of hydrogen-bond acceptors (Lipinski definition) is 10. The van der Waals surface area contributed by atoms with Crippen LogP contribution in [0.1, 0.15) is 78.0 Å². The second kappa shape index (κ2) is 24.5. The lowest BCUT2D eigenvalue weighted by Gasteiger charge is -1.98. The van der Waals surface area contributed by atoms with E-state index in [2.05, 4.69) is 68.1 Å². The molecule has 3 heterocycles. The maximum atomic E-state index is 11.1. The zero-order chi connectivity index (χ0) is 41.0. The number of benzene rings is 4. The Kier molecular flexibility index (Phi) is 19.6. The lowest BCUT2D eigenvalue weighted by Crippen LogP contribution is -1.98. The quantitative estimate of drug-likeness (QED) is 0.103. The highest BCUT2D eigenvalue weighted by Gasteiger charge is 2.07. The van der Waals surface area contributed by atoms with Gasteiger partial charge in [0.15, 0.2) is 23.5 Å². The molecule has 0 aliphatic rings. The van der Waals surface area contributed by atoms with E-state index in [9.17, 15) is 4.79 Å². The number of halogens is 2. The summed E-state index contributed by atoms with van der Waals surface area (Å²) in [5.41, 5.74) is 15.6. The molecule has 0 amide bonds. The van der Waals surface area contributed by atoms with Gasteiger partial charge in [0, 0.05) is 48.1 Å². The average molecular weight is 862 g/mol. The number of carbonyl (C=O) groups is 1. The molecule has 298 valence electrons. The molecule has 7 aromatic rings. The van der Waals surface area contributed by atoms with Crippen molar-refractivity contribution in [3.05, 3.63) is 161 Å². The lowest BCUT2D eigenvalue weighted by molar-refractivity contribution is 0.102. The molecule has 0 atom stereocenters. The predicted molar refractivity (Wildman–Crippen MR) is 232 cm³/mol. The molecule has 10 nitrogen and oxygen atoms in total. The number of carbonyl (C=O) groups excluding carboxylic acids is 1. The summed E-state index contributed by atoms with van der Waals surface area (Å²) in [6.45, 7) is 8.77. The summed E-state index contributed by atoms with van der Waals surface area (Å²) in [6, 6.07) is 34.4. The van der Waals surface area contributed by atoms with Crippen LogP contribution in [0.25, 0.3) is 33.8 Å². The smallest absolute Gasteiger partial charge is 0.194 e. The van der Waals surface area contributed by atoms with Gasteiger partial charge in [0.1, 0.15) is 35.9 Å². The van der Waals surface area contributed by atoms with E-state index in [0.29, 0.717) is 28.6 Å². The molecule has 0 radical (unpaired) electrons. The van der Waals surface area contributed by atoms with Gasteiger partial charge < -0.3 is 19.0 Å². The van der Waals surface area contributed by atoms with E-state index in [0.717, 1.165) is 82.7 Å². The van der Waals surface area contributed by atoms with Crippen molar-refractivity contribution in [3.8, 4) is 45.9 Å². The van der Waals surface area contributed by atoms with Crippen molar-refractivity contribution < 1.29 is 18.0 Å². The van der Waals surface area contributed by atoms with Crippen LogP contribution in [0.2, 0.25) is 0 Å². The van der Waals surface area contributed by atoms with Crippen molar-refractivity contribution in [3.63, 3.8) is 0 Å². The van der Waals surface area contributed by atoms with Crippen LogP contribution in [0.3, 0.4) is 0 Å². The normalized spacial score (nSPS) is 9.86. The molecule has 4 aromatic carbocycles. The molecule has 0 aliphatic heterocycles. The van der Waals surface area contributed by atoms with Crippen LogP contribution in [0.4, 0.5) is 0 Å². The SMILES string of the molecule is CCc1ccc(-c2coc(CC)n2)cc1.CCc1nc(-c2ccc(C#N)cc2)co1.CCc1nc(-c2ccc(CN)cc2)co1.Cl.N#Cc1ccc(C(=O)CBr)cc1. The molecule has 2 N–H and O–H groups in total. The van der Waals surface area contributed by atoms with E-state index in [1.165, 1.54) is 5.56 Å². The Morgan fingerprint density at radius 2 is 0.914 bits per heavy atom. The molecule has 0 fully saturated rings. The van der Waals surface area contributed by atoms with Gasteiger partial charge in [-0.05, 0) is 41.8 Å². The van der Waals surface area contributed by atoms with Crippen LogP contribution in [0.5, 0.6) is 0 Å². The maximum absolute atomic E-state index is 11.1. The molecule has 0 aliphatic carbocycles. The Morgan fingerprint density at radius 3 is 1.21 bits per heavy atom. The number of aryl methyl sites for hydroxylation is 4. The topological polar surface area (TPSA) is 169 Å². The molecule has 12 heteroatoms. The minimum atomic E-state index is 0. The number of alkyl halides is 1. The van der Waals surface area contributed by atoms with Gasteiger partial charge in [-0.1, -0.05) is 116 Å². The molecular formula is C46H46BrClN6O4. The molecule has 0 spiro atoms. The van der Waals surface area contributed by atoms with Gasteiger partial charge in [-0.25, -0.2) is 15.0 Å². The number of nitriles is 2. The third-order valence-corrected chi connectivity index (χ3v) is 8.98. The van der Waals surface area contributed by atoms with Gasteiger partial charge in [-0.2, -0.15) is 10.5 Å². The minimum absolute atomic E-state index is 0. The number of Topliss-reactive ketones (excluding diaryl/α,β-unsaturated/α-hetero) is 1. The molecule has 58 heavy (non-hydrogen) atoms.